The minimum absolute atomic E-state index is 0.213. The van der Waals surface area contributed by atoms with Crippen LogP contribution in [0.5, 0.6) is 34.5 Å². The van der Waals surface area contributed by atoms with Crippen LogP contribution in [0.3, 0.4) is 0 Å². The van der Waals surface area contributed by atoms with Crippen LogP contribution in [0.25, 0.3) is 0 Å². The Balaban J connectivity index is 1.23. The molecule has 0 aliphatic carbocycles. The van der Waals surface area contributed by atoms with Gasteiger partial charge < -0.3 is 38.8 Å². The van der Waals surface area contributed by atoms with Crippen LogP contribution in [-0.4, -0.2) is 72.9 Å². The lowest BCUT2D eigenvalue weighted by molar-refractivity contribution is -0.141. The van der Waals surface area contributed by atoms with E-state index in [1.807, 2.05) is 12.1 Å². The first-order chi connectivity index (χ1) is 24.2. The highest BCUT2D eigenvalue weighted by molar-refractivity contribution is 5.94. The summed E-state index contributed by atoms with van der Waals surface area (Å²) in [6, 6.07) is 17.5. The average molecular weight is 686 g/mol. The first-order valence-electron chi connectivity index (χ1n) is 16.8. The van der Waals surface area contributed by atoms with Crippen molar-refractivity contribution >= 4 is 11.8 Å². The number of carbonyl (C=O) groups excluding carboxylic acids is 2. The number of likely N-dealkylation sites (tertiary alicyclic amines) is 1. The van der Waals surface area contributed by atoms with Gasteiger partial charge in [-0.05, 0) is 66.1 Å². The number of nitrogens with zero attached hydrogens (tertiary/aromatic N) is 3. The Hall–Kier alpha value is -5.30. The number of hydrogen-bond acceptors (Lipinski definition) is 11. The zero-order valence-electron chi connectivity index (χ0n) is 28.8. The molecule has 1 saturated heterocycles. The predicted octanol–water partition coefficient (Wildman–Crippen LogP) is 4.93. The summed E-state index contributed by atoms with van der Waals surface area (Å²) >= 11 is 0. The van der Waals surface area contributed by atoms with Gasteiger partial charge in [0.05, 0.1) is 27.3 Å². The van der Waals surface area contributed by atoms with E-state index in [0.717, 1.165) is 12.0 Å². The van der Waals surface area contributed by atoms with Crippen molar-refractivity contribution in [1.29, 1.82) is 0 Å². The summed E-state index contributed by atoms with van der Waals surface area (Å²) < 4.78 is 35.2. The Morgan fingerprint density at radius 3 is 2.32 bits per heavy atom. The van der Waals surface area contributed by atoms with E-state index >= 15 is 0 Å². The molecule has 1 fully saturated rings. The molecule has 7 aliphatic heterocycles. The zero-order chi connectivity index (χ0) is 35.1. The van der Waals surface area contributed by atoms with Crippen LogP contribution in [0.15, 0.2) is 65.2 Å². The molecule has 1 aromatic heterocycles. The number of methoxy groups -OCH3 is 2. The van der Waals surface area contributed by atoms with E-state index in [1.165, 1.54) is 7.11 Å². The molecule has 13 heteroatoms. The molecule has 6 bridgehead atoms. The number of amides is 2. The molecule has 0 saturated carbocycles. The highest BCUT2D eigenvalue weighted by Crippen LogP contribution is 2.38. The molecular formula is C37H43N5O8. The third-order valence-corrected chi connectivity index (χ3v) is 8.66. The standard InChI is InChI=1S/C37H43N5O8/c1-24(2)19-34-40-33(41-50-34)23-42-16-13-37(14-17-42)36(44)39-22-25-5-11-29(31(20-25)45-3)48-30-12-6-26(21-32(30)46-4)35(43)38-15-18-47-27-7-9-28(49-37)10-8-27/h5-12,20-21,24H,13-19,22-23H2,1-4H3,(H,38,43)(H,39,44). The lowest BCUT2D eigenvalue weighted by Crippen LogP contribution is -2.57. The van der Waals surface area contributed by atoms with E-state index in [1.54, 1.807) is 55.6 Å². The molecule has 3 aromatic carbocycles. The first-order valence-corrected chi connectivity index (χ1v) is 16.8. The third-order valence-electron chi connectivity index (χ3n) is 8.66. The van der Waals surface area contributed by atoms with Gasteiger partial charge in [-0.15, -0.1) is 0 Å². The van der Waals surface area contributed by atoms with Gasteiger partial charge in [0.25, 0.3) is 11.8 Å². The summed E-state index contributed by atoms with van der Waals surface area (Å²) in [5, 5.41) is 10.1. The molecule has 0 atom stereocenters. The SMILES string of the molecule is COc1cc2ccc1Oc1ccc(cc1OC)C(=O)NCCOc1ccc(cc1)OC1(CCN(Cc3noc(CC(C)C)n3)CC1)C(=O)NC2. The molecule has 50 heavy (non-hydrogen) atoms. The Morgan fingerprint density at radius 1 is 0.900 bits per heavy atom. The number of rotatable bonds is 6. The second-order valence-corrected chi connectivity index (χ2v) is 12.8. The van der Waals surface area contributed by atoms with Crippen molar-refractivity contribution in [3.63, 3.8) is 0 Å². The van der Waals surface area contributed by atoms with E-state index in [-0.39, 0.29) is 31.5 Å². The van der Waals surface area contributed by atoms with Crippen LogP contribution in [-0.2, 0) is 24.3 Å². The van der Waals surface area contributed by atoms with Crippen molar-refractivity contribution in [3.05, 3.63) is 83.5 Å². The van der Waals surface area contributed by atoms with Crippen LogP contribution >= 0.6 is 0 Å². The van der Waals surface area contributed by atoms with Gasteiger partial charge in [0.2, 0.25) is 5.89 Å². The predicted molar refractivity (Wildman–Crippen MR) is 183 cm³/mol. The van der Waals surface area contributed by atoms with Gasteiger partial charge in [0.1, 0.15) is 18.1 Å². The lowest BCUT2D eigenvalue weighted by Gasteiger charge is -2.40. The number of benzene rings is 3. The minimum Gasteiger partial charge on any atom is -0.493 e. The first kappa shape index (κ1) is 34.6. The summed E-state index contributed by atoms with van der Waals surface area (Å²) in [5.74, 6) is 4.06. The third kappa shape index (κ3) is 8.28. The molecule has 8 heterocycles. The fourth-order valence-electron chi connectivity index (χ4n) is 5.96. The van der Waals surface area contributed by atoms with Crippen LogP contribution in [0.4, 0.5) is 0 Å². The molecule has 4 aromatic rings. The minimum atomic E-state index is -1.12. The van der Waals surface area contributed by atoms with Gasteiger partial charge in [0, 0.05) is 44.5 Å². The van der Waals surface area contributed by atoms with E-state index in [9.17, 15) is 9.59 Å². The van der Waals surface area contributed by atoms with Crippen LogP contribution < -0.4 is 34.3 Å². The Morgan fingerprint density at radius 2 is 1.60 bits per heavy atom. The summed E-state index contributed by atoms with van der Waals surface area (Å²) in [7, 11) is 3.06. The Bertz CT molecular complexity index is 1780. The fraction of sp³-hybridized carbons (Fsp3) is 0.405. The largest absolute Gasteiger partial charge is 0.493 e. The topological polar surface area (TPSA) is 147 Å². The van der Waals surface area contributed by atoms with Crippen molar-refractivity contribution in [3.8, 4) is 34.5 Å². The quantitative estimate of drug-likeness (QED) is 0.285. The second kappa shape index (κ2) is 15.5. The molecule has 0 radical (unpaired) electrons. The smallest absolute Gasteiger partial charge is 0.264 e. The van der Waals surface area contributed by atoms with Crippen molar-refractivity contribution < 1.29 is 37.8 Å². The molecule has 7 aliphatic rings. The van der Waals surface area contributed by atoms with Crippen LogP contribution in [0, 0.1) is 5.92 Å². The highest BCUT2D eigenvalue weighted by atomic mass is 16.5. The van der Waals surface area contributed by atoms with Crippen molar-refractivity contribution in [2.24, 2.45) is 5.92 Å². The Kier molecular flexibility index (Phi) is 10.7. The molecular weight excluding hydrogens is 642 g/mol. The van der Waals surface area contributed by atoms with Gasteiger partial charge in [-0.25, -0.2) is 0 Å². The van der Waals surface area contributed by atoms with Crippen molar-refractivity contribution in [2.75, 3.05) is 40.5 Å². The van der Waals surface area contributed by atoms with E-state index < -0.39 is 5.60 Å². The molecule has 13 nitrogen and oxygen atoms in total. The number of aromatic nitrogens is 2. The van der Waals surface area contributed by atoms with Crippen molar-refractivity contribution in [2.45, 2.75) is 51.8 Å². The normalized spacial score (nSPS) is 16.7. The average Bonchev–Trinajstić information content (AvgIpc) is 3.56. The fourth-order valence-corrected chi connectivity index (χ4v) is 5.96. The lowest BCUT2D eigenvalue weighted by atomic mass is 9.89. The van der Waals surface area contributed by atoms with Crippen molar-refractivity contribution in [1.82, 2.24) is 25.7 Å². The van der Waals surface area contributed by atoms with Gasteiger partial charge in [-0.3, -0.25) is 14.5 Å². The monoisotopic (exact) mass is 685 g/mol. The van der Waals surface area contributed by atoms with Gasteiger partial charge in [-0.2, -0.15) is 4.98 Å². The molecule has 2 amide bonds. The number of nitrogens with one attached hydrogen (secondary N) is 2. The Labute approximate surface area is 291 Å². The highest BCUT2D eigenvalue weighted by Gasteiger charge is 2.44. The van der Waals surface area contributed by atoms with Crippen LogP contribution in [0.2, 0.25) is 0 Å². The van der Waals surface area contributed by atoms with Gasteiger partial charge >= 0.3 is 0 Å². The maximum absolute atomic E-state index is 14.1. The summed E-state index contributed by atoms with van der Waals surface area (Å²) in [6.45, 7) is 6.71. The molecule has 0 unspecified atom stereocenters. The van der Waals surface area contributed by atoms with E-state index in [0.29, 0.717) is 90.2 Å². The second-order valence-electron chi connectivity index (χ2n) is 12.8. The number of hydrogen-bond donors (Lipinski definition) is 2. The maximum atomic E-state index is 14.1. The zero-order valence-corrected chi connectivity index (χ0v) is 28.8. The molecule has 1 spiro atoms. The molecule has 2 N–H and O–H groups in total. The summed E-state index contributed by atoms with van der Waals surface area (Å²) in [6.07, 6.45) is 1.63. The number of ether oxygens (including phenoxy) is 5. The van der Waals surface area contributed by atoms with E-state index in [2.05, 4.69) is 39.5 Å². The molecule has 264 valence electrons. The summed E-state index contributed by atoms with van der Waals surface area (Å²) in [4.78, 5) is 33.7. The number of carbonyl (C=O) groups is 2. The van der Waals surface area contributed by atoms with Gasteiger partial charge in [-0.1, -0.05) is 25.1 Å². The molecule has 11 rings (SSSR count). The number of piperidine rings is 1. The summed E-state index contributed by atoms with van der Waals surface area (Å²) in [5.41, 5.74) is 0.106. The van der Waals surface area contributed by atoms with Gasteiger partial charge in [0.15, 0.2) is 34.4 Å². The van der Waals surface area contributed by atoms with Crippen LogP contribution in [0.1, 0.15) is 54.3 Å². The van der Waals surface area contributed by atoms with E-state index in [4.69, 9.17) is 28.2 Å². The maximum Gasteiger partial charge on any atom is 0.264 e.